The lowest BCUT2D eigenvalue weighted by molar-refractivity contribution is 0.946. The van der Waals surface area contributed by atoms with Gasteiger partial charge in [-0.05, 0) is 6.92 Å². The van der Waals surface area contributed by atoms with Crippen LogP contribution in [0.3, 0.4) is 0 Å². The predicted molar refractivity (Wildman–Crippen MR) is 53.1 cm³/mol. The summed E-state index contributed by atoms with van der Waals surface area (Å²) in [6.45, 7) is 1.86. The van der Waals surface area contributed by atoms with Gasteiger partial charge in [-0.3, -0.25) is 10.1 Å². The number of aromatic nitrogens is 6. The summed E-state index contributed by atoms with van der Waals surface area (Å²) in [6.07, 6.45) is 6.96. The minimum Gasteiger partial charge on any atom is -0.263 e. The van der Waals surface area contributed by atoms with Gasteiger partial charge in [0.25, 0.3) is 0 Å². The van der Waals surface area contributed by atoms with E-state index in [1.165, 1.54) is 0 Å². The average molecular weight is 200 g/mol. The van der Waals surface area contributed by atoms with Crippen molar-refractivity contribution in [2.75, 3.05) is 0 Å². The molecule has 1 N–H and O–H groups in total. The SMILES string of the molecule is Cc1nc(-c2cnn3ccncc23)n[nH]1. The van der Waals surface area contributed by atoms with E-state index in [0.29, 0.717) is 5.82 Å². The Kier molecular flexibility index (Phi) is 1.55. The van der Waals surface area contributed by atoms with Gasteiger partial charge in [0.2, 0.25) is 0 Å². The van der Waals surface area contributed by atoms with Crippen LogP contribution in [0.5, 0.6) is 0 Å². The fraction of sp³-hybridized carbons (Fsp3) is 0.111. The molecule has 15 heavy (non-hydrogen) atoms. The Hall–Kier alpha value is -2.24. The van der Waals surface area contributed by atoms with Gasteiger partial charge in [0.15, 0.2) is 5.82 Å². The van der Waals surface area contributed by atoms with E-state index in [9.17, 15) is 0 Å². The molecule has 6 heteroatoms. The summed E-state index contributed by atoms with van der Waals surface area (Å²) in [4.78, 5) is 8.31. The van der Waals surface area contributed by atoms with Crippen LogP contribution in [0, 0.1) is 6.92 Å². The van der Waals surface area contributed by atoms with Crippen molar-refractivity contribution in [3.63, 3.8) is 0 Å². The lowest BCUT2D eigenvalue weighted by Crippen LogP contribution is -1.86. The highest BCUT2D eigenvalue weighted by molar-refractivity contribution is 5.74. The molecule has 3 heterocycles. The highest BCUT2D eigenvalue weighted by atomic mass is 15.2. The third-order valence-corrected chi connectivity index (χ3v) is 2.16. The molecule has 0 fully saturated rings. The summed E-state index contributed by atoms with van der Waals surface area (Å²) >= 11 is 0. The largest absolute Gasteiger partial charge is 0.263 e. The standard InChI is InChI=1S/C9H8N6/c1-6-12-9(14-13-6)7-4-11-15-3-2-10-5-8(7)15/h2-5H,1H3,(H,12,13,14). The second-order valence-electron chi connectivity index (χ2n) is 3.21. The van der Waals surface area contributed by atoms with Crippen molar-refractivity contribution >= 4 is 5.52 Å². The number of aromatic amines is 1. The van der Waals surface area contributed by atoms with Crippen molar-refractivity contribution < 1.29 is 0 Å². The molecule has 0 saturated heterocycles. The lowest BCUT2D eigenvalue weighted by Gasteiger charge is -1.91. The predicted octanol–water partition coefficient (Wildman–Crippen LogP) is 0.823. The molecule has 0 bridgehead atoms. The molecule has 0 atom stereocenters. The number of hydrogen-bond donors (Lipinski definition) is 1. The number of nitrogens with one attached hydrogen (secondary N) is 1. The Morgan fingerprint density at radius 2 is 2.27 bits per heavy atom. The molecule has 0 aliphatic rings. The van der Waals surface area contributed by atoms with E-state index in [-0.39, 0.29) is 0 Å². The van der Waals surface area contributed by atoms with E-state index < -0.39 is 0 Å². The Morgan fingerprint density at radius 1 is 1.33 bits per heavy atom. The monoisotopic (exact) mass is 200 g/mol. The first-order valence-corrected chi connectivity index (χ1v) is 4.51. The van der Waals surface area contributed by atoms with Crippen molar-refractivity contribution in [1.29, 1.82) is 0 Å². The Labute approximate surface area is 85.0 Å². The van der Waals surface area contributed by atoms with Crippen LogP contribution in [0.2, 0.25) is 0 Å². The maximum absolute atomic E-state index is 4.26. The van der Waals surface area contributed by atoms with Crippen LogP contribution >= 0.6 is 0 Å². The molecule has 0 aliphatic heterocycles. The fourth-order valence-corrected chi connectivity index (χ4v) is 1.47. The van der Waals surface area contributed by atoms with Crippen molar-refractivity contribution in [3.8, 4) is 11.4 Å². The Morgan fingerprint density at radius 3 is 3.07 bits per heavy atom. The van der Waals surface area contributed by atoms with Crippen LogP contribution in [0.25, 0.3) is 16.9 Å². The molecule has 3 rings (SSSR count). The number of rotatable bonds is 1. The summed E-state index contributed by atoms with van der Waals surface area (Å²) in [5, 5.41) is 11.1. The molecule has 74 valence electrons. The minimum atomic E-state index is 0.649. The average Bonchev–Trinajstić information content (AvgIpc) is 2.83. The van der Waals surface area contributed by atoms with Crippen molar-refractivity contribution in [1.82, 2.24) is 29.8 Å². The van der Waals surface area contributed by atoms with Gasteiger partial charge in [0.1, 0.15) is 5.82 Å². The van der Waals surface area contributed by atoms with Crippen LogP contribution in [-0.4, -0.2) is 29.8 Å². The van der Waals surface area contributed by atoms with Gasteiger partial charge in [-0.25, -0.2) is 9.50 Å². The van der Waals surface area contributed by atoms with Crippen molar-refractivity contribution in [3.05, 3.63) is 30.6 Å². The Bertz CT molecular complexity index is 608. The molecular formula is C9H8N6. The van der Waals surface area contributed by atoms with E-state index in [0.717, 1.165) is 16.9 Å². The Balaban J connectivity index is 2.27. The third kappa shape index (κ3) is 1.18. The molecule has 0 spiro atoms. The minimum absolute atomic E-state index is 0.649. The number of aryl methyl sites for hydroxylation is 1. The van der Waals surface area contributed by atoms with E-state index in [1.807, 2.05) is 6.92 Å². The molecule has 3 aromatic heterocycles. The van der Waals surface area contributed by atoms with Crippen LogP contribution in [0.1, 0.15) is 5.82 Å². The lowest BCUT2D eigenvalue weighted by atomic mass is 10.3. The molecule has 0 radical (unpaired) electrons. The van der Waals surface area contributed by atoms with Gasteiger partial charge in [-0.15, -0.1) is 0 Å². The number of nitrogens with zero attached hydrogens (tertiary/aromatic N) is 5. The second-order valence-corrected chi connectivity index (χ2v) is 3.21. The molecule has 0 aliphatic carbocycles. The summed E-state index contributed by atoms with van der Waals surface area (Å²) in [7, 11) is 0. The van der Waals surface area contributed by atoms with Crippen LogP contribution < -0.4 is 0 Å². The smallest absolute Gasteiger partial charge is 0.184 e. The zero-order chi connectivity index (χ0) is 10.3. The first-order valence-electron chi connectivity index (χ1n) is 4.51. The molecule has 3 aromatic rings. The molecule has 6 nitrogen and oxygen atoms in total. The number of H-pyrrole nitrogens is 1. The maximum Gasteiger partial charge on any atom is 0.184 e. The summed E-state index contributed by atoms with van der Waals surface area (Å²) in [5.74, 6) is 1.43. The van der Waals surface area contributed by atoms with Gasteiger partial charge >= 0.3 is 0 Å². The van der Waals surface area contributed by atoms with Gasteiger partial charge in [0.05, 0.1) is 23.5 Å². The van der Waals surface area contributed by atoms with E-state index in [1.54, 1.807) is 29.3 Å². The fourth-order valence-electron chi connectivity index (χ4n) is 1.47. The van der Waals surface area contributed by atoms with Gasteiger partial charge in [0, 0.05) is 12.4 Å². The van der Waals surface area contributed by atoms with Crippen LogP contribution in [0.15, 0.2) is 24.8 Å². The highest BCUT2D eigenvalue weighted by Gasteiger charge is 2.10. The summed E-state index contributed by atoms with van der Waals surface area (Å²) in [5.41, 5.74) is 1.78. The zero-order valence-corrected chi connectivity index (χ0v) is 8.05. The topological polar surface area (TPSA) is 71.8 Å². The first kappa shape index (κ1) is 8.10. The van der Waals surface area contributed by atoms with Crippen molar-refractivity contribution in [2.45, 2.75) is 6.92 Å². The van der Waals surface area contributed by atoms with Gasteiger partial charge < -0.3 is 0 Å². The second kappa shape index (κ2) is 2.88. The third-order valence-electron chi connectivity index (χ3n) is 2.16. The van der Waals surface area contributed by atoms with Crippen molar-refractivity contribution in [2.24, 2.45) is 0 Å². The molecule has 0 aromatic carbocycles. The normalized spacial score (nSPS) is 11.0. The van der Waals surface area contributed by atoms with Gasteiger partial charge in [-0.2, -0.15) is 10.2 Å². The summed E-state index contributed by atoms with van der Waals surface area (Å²) < 4.78 is 1.74. The van der Waals surface area contributed by atoms with Crippen LogP contribution in [0.4, 0.5) is 0 Å². The molecule has 0 saturated carbocycles. The van der Waals surface area contributed by atoms with Crippen LogP contribution in [-0.2, 0) is 0 Å². The van der Waals surface area contributed by atoms with E-state index in [2.05, 4.69) is 25.3 Å². The number of fused-ring (bicyclic) bond motifs is 1. The molecule has 0 unspecified atom stereocenters. The zero-order valence-electron chi connectivity index (χ0n) is 8.05. The van der Waals surface area contributed by atoms with E-state index in [4.69, 9.17) is 0 Å². The number of hydrogen-bond acceptors (Lipinski definition) is 4. The highest BCUT2D eigenvalue weighted by Crippen LogP contribution is 2.19. The molecule has 0 amide bonds. The quantitative estimate of drug-likeness (QED) is 0.631. The van der Waals surface area contributed by atoms with Gasteiger partial charge in [-0.1, -0.05) is 0 Å². The van der Waals surface area contributed by atoms with E-state index >= 15 is 0 Å². The molecular weight excluding hydrogens is 192 g/mol. The maximum atomic E-state index is 4.26. The first-order chi connectivity index (χ1) is 7.34. The summed E-state index contributed by atoms with van der Waals surface area (Å²) in [6, 6.07) is 0.